The standard InChI is InChI=1S/C24H31N3O4/c1-3-27-9-7-16(8-10-27)15-31-23-12-18(14-25-26-23)17-5-6-22(30-4-2)20(11-17)19-13-21(19)24(28)29/h5-6,11-12,14,16,19,21H,3-4,7-10,13,15H2,1-2H3,(H,28,29)/t19-,21+/m1/s1. The third kappa shape index (κ3) is 5.15. The van der Waals surface area contributed by atoms with E-state index in [-0.39, 0.29) is 11.8 Å². The van der Waals surface area contributed by atoms with Crippen molar-refractivity contribution in [2.45, 2.75) is 39.0 Å². The van der Waals surface area contributed by atoms with Crippen molar-refractivity contribution in [3.8, 4) is 22.8 Å². The second-order valence-electron chi connectivity index (χ2n) is 8.44. The van der Waals surface area contributed by atoms with Crippen LogP contribution in [-0.4, -0.2) is 59.0 Å². The predicted octanol–water partition coefficient (Wildman–Crippen LogP) is 3.84. The lowest BCUT2D eigenvalue weighted by Gasteiger charge is -2.30. The molecule has 2 heterocycles. The highest BCUT2D eigenvalue weighted by atomic mass is 16.5. The Bertz CT molecular complexity index is 911. The fourth-order valence-corrected chi connectivity index (χ4v) is 4.36. The number of nitrogens with zero attached hydrogens (tertiary/aromatic N) is 3. The monoisotopic (exact) mass is 425 g/mol. The largest absolute Gasteiger partial charge is 0.494 e. The summed E-state index contributed by atoms with van der Waals surface area (Å²) in [5.41, 5.74) is 2.82. The number of hydrogen-bond donors (Lipinski definition) is 1. The number of carbonyl (C=O) groups is 1. The summed E-state index contributed by atoms with van der Waals surface area (Å²) in [6.07, 6.45) is 4.66. The SMILES string of the molecule is CCOc1ccc(-c2cnnc(OCC3CCN(CC)CC3)c2)cc1[C@H]1C[C@@H]1C(=O)O. The summed E-state index contributed by atoms with van der Waals surface area (Å²) in [4.78, 5) is 13.8. The molecule has 2 aromatic rings. The molecule has 0 spiro atoms. The van der Waals surface area contributed by atoms with Gasteiger partial charge in [-0.15, -0.1) is 5.10 Å². The topological polar surface area (TPSA) is 84.8 Å². The van der Waals surface area contributed by atoms with Crippen molar-refractivity contribution in [2.24, 2.45) is 11.8 Å². The first-order chi connectivity index (χ1) is 15.1. The molecule has 2 atom stereocenters. The molecule has 166 valence electrons. The first-order valence-electron chi connectivity index (χ1n) is 11.3. The number of benzene rings is 1. The van der Waals surface area contributed by atoms with Crippen LogP contribution in [0.4, 0.5) is 0 Å². The van der Waals surface area contributed by atoms with E-state index in [1.165, 1.54) is 0 Å². The van der Waals surface area contributed by atoms with Gasteiger partial charge in [0, 0.05) is 17.5 Å². The fraction of sp³-hybridized carbons (Fsp3) is 0.542. The van der Waals surface area contributed by atoms with Gasteiger partial charge < -0.3 is 19.5 Å². The van der Waals surface area contributed by atoms with Crippen LogP contribution in [0, 0.1) is 11.8 Å². The molecule has 7 heteroatoms. The van der Waals surface area contributed by atoms with E-state index in [1.54, 1.807) is 6.20 Å². The van der Waals surface area contributed by atoms with Gasteiger partial charge in [-0.3, -0.25) is 4.79 Å². The van der Waals surface area contributed by atoms with Crippen LogP contribution in [0.3, 0.4) is 0 Å². The van der Waals surface area contributed by atoms with E-state index in [9.17, 15) is 9.90 Å². The molecule has 2 aliphatic rings. The quantitative estimate of drug-likeness (QED) is 0.653. The first-order valence-corrected chi connectivity index (χ1v) is 11.3. The maximum absolute atomic E-state index is 11.4. The number of aliphatic carboxylic acids is 1. The van der Waals surface area contributed by atoms with E-state index in [0.717, 1.165) is 54.9 Å². The van der Waals surface area contributed by atoms with Gasteiger partial charge in [0.1, 0.15) is 5.75 Å². The zero-order chi connectivity index (χ0) is 21.8. The van der Waals surface area contributed by atoms with Gasteiger partial charge in [0.15, 0.2) is 0 Å². The van der Waals surface area contributed by atoms with E-state index in [4.69, 9.17) is 9.47 Å². The maximum atomic E-state index is 11.4. The van der Waals surface area contributed by atoms with Crippen molar-refractivity contribution in [3.63, 3.8) is 0 Å². The lowest BCUT2D eigenvalue weighted by atomic mass is 9.98. The molecule has 31 heavy (non-hydrogen) atoms. The van der Waals surface area contributed by atoms with Gasteiger partial charge in [0.25, 0.3) is 0 Å². The minimum Gasteiger partial charge on any atom is -0.494 e. The maximum Gasteiger partial charge on any atom is 0.307 e. The summed E-state index contributed by atoms with van der Waals surface area (Å²) in [5, 5.41) is 17.6. The zero-order valence-electron chi connectivity index (χ0n) is 18.3. The van der Waals surface area contributed by atoms with E-state index >= 15 is 0 Å². The van der Waals surface area contributed by atoms with E-state index in [0.29, 0.717) is 31.4 Å². The number of piperidine rings is 1. The zero-order valence-corrected chi connectivity index (χ0v) is 18.3. The van der Waals surface area contributed by atoms with E-state index in [2.05, 4.69) is 22.0 Å². The lowest BCUT2D eigenvalue weighted by molar-refractivity contribution is -0.138. The Morgan fingerprint density at radius 1 is 1.16 bits per heavy atom. The van der Waals surface area contributed by atoms with Crippen LogP contribution < -0.4 is 9.47 Å². The fourth-order valence-electron chi connectivity index (χ4n) is 4.36. The second-order valence-corrected chi connectivity index (χ2v) is 8.44. The number of ether oxygens (including phenoxy) is 2. The highest BCUT2D eigenvalue weighted by molar-refractivity contribution is 5.76. The van der Waals surface area contributed by atoms with Gasteiger partial charge in [-0.05, 0) is 75.0 Å². The van der Waals surface area contributed by atoms with Gasteiger partial charge in [0.2, 0.25) is 5.88 Å². The van der Waals surface area contributed by atoms with Gasteiger partial charge in [-0.2, -0.15) is 5.10 Å². The van der Waals surface area contributed by atoms with Crippen molar-refractivity contribution in [3.05, 3.63) is 36.0 Å². The van der Waals surface area contributed by atoms with Gasteiger partial charge in [-0.25, -0.2) is 0 Å². The van der Waals surface area contributed by atoms with Gasteiger partial charge in [-0.1, -0.05) is 13.0 Å². The third-order valence-electron chi connectivity index (χ3n) is 6.40. The minimum atomic E-state index is -0.746. The second kappa shape index (κ2) is 9.64. The van der Waals surface area contributed by atoms with Crippen LogP contribution in [0.1, 0.15) is 44.6 Å². The number of hydrogen-bond acceptors (Lipinski definition) is 6. The highest BCUT2D eigenvalue weighted by Crippen LogP contribution is 2.51. The van der Waals surface area contributed by atoms with Crippen LogP contribution in [0.5, 0.6) is 11.6 Å². The molecule has 1 saturated heterocycles. The Balaban J connectivity index is 1.46. The smallest absolute Gasteiger partial charge is 0.307 e. The van der Waals surface area contributed by atoms with E-state index < -0.39 is 5.97 Å². The van der Waals surface area contributed by atoms with Crippen molar-refractivity contribution in [1.29, 1.82) is 0 Å². The molecule has 1 N–H and O–H groups in total. The summed E-state index contributed by atoms with van der Waals surface area (Å²) < 4.78 is 11.7. The summed E-state index contributed by atoms with van der Waals surface area (Å²) in [5.74, 6) is 0.760. The van der Waals surface area contributed by atoms with Gasteiger partial charge in [0.05, 0.1) is 25.3 Å². The van der Waals surface area contributed by atoms with Crippen LogP contribution in [0.15, 0.2) is 30.5 Å². The number of likely N-dealkylation sites (tertiary alicyclic amines) is 1. The number of rotatable bonds is 9. The molecule has 0 amide bonds. The minimum absolute atomic E-state index is 0.00138. The molecule has 1 aromatic heterocycles. The van der Waals surface area contributed by atoms with Crippen molar-refractivity contribution in [1.82, 2.24) is 15.1 Å². The molecule has 1 aromatic carbocycles. The normalized spacial score (nSPS) is 21.6. The number of aromatic nitrogens is 2. The van der Waals surface area contributed by atoms with E-state index in [1.807, 2.05) is 31.2 Å². The van der Waals surface area contributed by atoms with Crippen LogP contribution >= 0.6 is 0 Å². The molecule has 7 nitrogen and oxygen atoms in total. The van der Waals surface area contributed by atoms with Crippen molar-refractivity contribution in [2.75, 3.05) is 32.8 Å². The molecule has 1 saturated carbocycles. The summed E-state index contributed by atoms with van der Waals surface area (Å²) in [6, 6.07) is 7.84. The third-order valence-corrected chi connectivity index (χ3v) is 6.40. The van der Waals surface area contributed by atoms with Crippen LogP contribution in [0.2, 0.25) is 0 Å². The molecule has 1 aliphatic carbocycles. The van der Waals surface area contributed by atoms with Crippen molar-refractivity contribution < 1.29 is 19.4 Å². The summed E-state index contributed by atoms with van der Waals surface area (Å²) in [7, 11) is 0. The Morgan fingerprint density at radius 2 is 1.97 bits per heavy atom. The lowest BCUT2D eigenvalue weighted by Crippen LogP contribution is -2.35. The summed E-state index contributed by atoms with van der Waals surface area (Å²) in [6.45, 7) is 8.71. The summed E-state index contributed by atoms with van der Waals surface area (Å²) >= 11 is 0. The first kappa shape index (κ1) is 21.6. The van der Waals surface area contributed by atoms with Crippen molar-refractivity contribution >= 4 is 5.97 Å². The molecular formula is C24H31N3O4. The molecule has 2 fully saturated rings. The number of carboxylic acid groups (broad SMARTS) is 1. The Hall–Kier alpha value is -2.67. The average Bonchev–Trinajstić information content (AvgIpc) is 3.60. The Labute approximate surface area is 183 Å². The molecule has 1 aliphatic heterocycles. The molecule has 0 radical (unpaired) electrons. The Morgan fingerprint density at radius 3 is 2.65 bits per heavy atom. The molecule has 4 rings (SSSR count). The number of carboxylic acids is 1. The van der Waals surface area contributed by atoms with Gasteiger partial charge >= 0.3 is 5.97 Å². The molecule has 0 bridgehead atoms. The average molecular weight is 426 g/mol. The molecule has 0 unspecified atom stereocenters. The molecular weight excluding hydrogens is 394 g/mol. The van der Waals surface area contributed by atoms with Crippen LogP contribution in [0.25, 0.3) is 11.1 Å². The highest BCUT2D eigenvalue weighted by Gasteiger charge is 2.45. The Kier molecular flexibility index (Phi) is 6.70. The predicted molar refractivity (Wildman–Crippen MR) is 117 cm³/mol. The van der Waals surface area contributed by atoms with Crippen LogP contribution in [-0.2, 0) is 4.79 Å².